The number of hydrogen-bond acceptors (Lipinski definition) is 0. The first-order valence-corrected chi connectivity index (χ1v) is 14.2. The van der Waals surface area contributed by atoms with Crippen LogP contribution in [0.15, 0.2) is 55.4 Å². The number of halogens is 1. The van der Waals surface area contributed by atoms with Crippen LogP contribution in [0.1, 0.15) is 107 Å². The third-order valence-corrected chi connectivity index (χ3v) is 6.14. The van der Waals surface area contributed by atoms with E-state index in [9.17, 15) is 5.53 Å². The van der Waals surface area contributed by atoms with Crippen LogP contribution < -0.4 is 4.57 Å². The van der Waals surface area contributed by atoms with Gasteiger partial charge in [0.2, 0.25) is 0 Å². The Bertz CT molecular complexity index is 1040. The monoisotopic (exact) mass is 596 g/mol. The van der Waals surface area contributed by atoms with Gasteiger partial charge in [0.25, 0.3) is 0 Å². The van der Waals surface area contributed by atoms with E-state index in [1.54, 1.807) is 0 Å². The molecule has 1 heterocycles. The van der Waals surface area contributed by atoms with Gasteiger partial charge in [0, 0.05) is 22.3 Å². The number of rotatable bonds is 7. The number of nitrogens with zero attached hydrogens (tertiary/aromatic N) is 4. The van der Waals surface area contributed by atoms with Gasteiger partial charge in [0.15, 0.2) is 5.82 Å². The summed E-state index contributed by atoms with van der Waals surface area (Å²) in [6.45, 7) is 24.7. The van der Waals surface area contributed by atoms with Gasteiger partial charge in [-0.2, -0.15) is 0 Å². The van der Waals surface area contributed by atoms with Gasteiger partial charge in [-0.3, -0.25) is 6.58 Å². The van der Waals surface area contributed by atoms with Gasteiger partial charge in [0.1, 0.15) is 23.8 Å². The van der Waals surface area contributed by atoms with Gasteiger partial charge < -0.3 is 16.9 Å². The van der Waals surface area contributed by atoms with E-state index in [1.165, 1.54) is 22.3 Å². The van der Waals surface area contributed by atoms with E-state index in [0.717, 1.165) is 11.4 Å². The van der Waals surface area contributed by atoms with Crippen LogP contribution in [0.25, 0.3) is 16.9 Å². The van der Waals surface area contributed by atoms with Crippen molar-refractivity contribution in [2.24, 2.45) is 0 Å². The molecule has 6 heteroatoms. The minimum atomic E-state index is 0.354. The van der Waals surface area contributed by atoms with Crippen molar-refractivity contribution in [1.29, 1.82) is 0 Å². The van der Waals surface area contributed by atoms with E-state index in [0.29, 0.717) is 29.5 Å². The molecule has 0 aliphatic heterocycles. The maximum absolute atomic E-state index is 9.58. The number of hydrogen-bond donors (Lipinski definition) is 0. The van der Waals surface area contributed by atoms with Crippen molar-refractivity contribution in [2.75, 3.05) is 0 Å². The van der Waals surface area contributed by atoms with Crippen LogP contribution in [0.3, 0.4) is 0 Å². The van der Waals surface area contributed by atoms with Crippen LogP contribution in [0.2, 0.25) is 0 Å². The fourth-order valence-electron chi connectivity index (χ4n) is 4.48. The Morgan fingerprint density at radius 2 is 1.22 bits per heavy atom. The summed E-state index contributed by atoms with van der Waals surface area (Å²) in [6.07, 6.45) is 7.04. The van der Waals surface area contributed by atoms with Gasteiger partial charge in [-0.25, -0.2) is 9.13 Å². The van der Waals surface area contributed by atoms with Crippen molar-refractivity contribution in [3.63, 3.8) is 0 Å². The van der Waals surface area contributed by atoms with Gasteiger partial charge >= 0.3 is 27.7 Å². The van der Waals surface area contributed by atoms with Crippen molar-refractivity contribution in [3.05, 3.63) is 95.6 Å². The minimum absolute atomic E-state index is 0.354. The van der Waals surface area contributed by atoms with Crippen LogP contribution in [0.4, 0.5) is 0 Å². The first-order valence-electron chi connectivity index (χ1n) is 12.2. The Balaban J connectivity index is 0.00000154. The normalized spacial score (nSPS) is 10.6. The predicted molar refractivity (Wildman–Crippen MR) is 147 cm³/mol. The molecule has 0 amide bonds. The molecular formula is C30H39ClN4Pd. The number of benzene rings is 2. The van der Waals surface area contributed by atoms with Crippen LogP contribution in [0.5, 0.6) is 0 Å². The molecule has 0 atom stereocenters. The fraction of sp³-hybridized carbons (Fsp3) is 0.400. The molecule has 4 nitrogen and oxygen atoms in total. The predicted octanol–water partition coefficient (Wildman–Crippen LogP) is 8.07. The summed E-state index contributed by atoms with van der Waals surface area (Å²) in [7, 11) is 4.49. The van der Waals surface area contributed by atoms with Gasteiger partial charge in [-0.05, 0) is 23.7 Å². The molecule has 0 saturated carbocycles. The molecule has 36 heavy (non-hydrogen) atoms. The molecule has 0 fully saturated rings. The van der Waals surface area contributed by atoms with E-state index >= 15 is 0 Å². The van der Waals surface area contributed by atoms with Crippen molar-refractivity contribution >= 4 is 15.7 Å². The summed E-state index contributed by atoms with van der Waals surface area (Å²) >= 11 is 2.22. The van der Waals surface area contributed by atoms with Crippen LogP contribution in [-0.4, -0.2) is 15.6 Å². The van der Waals surface area contributed by atoms with Gasteiger partial charge in [-0.1, -0.05) is 91.8 Å². The summed E-state index contributed by atoms with van der Waals surface area (Å²) in [5.74, 6) is 2.12. The average molecular weight is 598 g/mol. The molecule has 0 aliphatic rings. The first-order chi connectivity index (χ1) is 17.2. The third-order valence-electron chi connectivity index (χ3n) is 6.14. The SMILES string of the molecule is CC(C)c1cccc(C(C)C)c1-n1cc[n+](-c2c(C(C)C)cccc2C(C)C)c1[C-]=[N+]=[N-].[CH-]=C.[Cl][Pd+]. The zero-order chi connectivity index (χ0) is 27.6. The van der Waals surface area contributed by atoms with Crippen molar-refractivity contribution in [2.45, 2.75) is 79.1 Å². The summed E-state index contributed by atoms with van der Waals surface area (Å²) in [4.78, 5) is 3.36. The van der Waals surface area contributed by atoms with Gasteiger partial charge in [0.05, 0.1) is 6.21 Å². The number of para-hydroxylation sites is 2. The van der Waals surface area contributed by atoms with Crippen LogP contribution in [-0.2, 0) is 18.2 Å². The molecule has 0 unspecified atom stereocenters. The average Bonchev–Trinajstić information content (AvgIpc) is 3.28. The molecule has 3 rings (SSSR count). The molecule has 196 valence electrons. The maximum atomic E-state index is 9.58. The topological polar surface area (TPSA) is 45.2 Å². The molecular weight excluding hydrogens is 558 g/mol. The standard InChI is InChI=1S/C28H36N4.C2H3.ClH.Pd/c1-18(2)22-11-9-12-23(19(3)4)27(22)31-15-16-32(26(31)17-30-29)28-24(20(5)6)13-10-14-25(28)21(7)8;1-2;;/h9-16,18-21H,1-8H3;1H,2H2;1H;/q;-1;;+2/p-1. The Labute approximate surface area is 233 Å². The van der Waals surface area contributed by atoms with E-state index in [1.807, 2.05) is 0 Å². The molecule has 0 saturated heterocycles. The van der Waals surface area contributed by atoms with E-state index in [4.69, 9.17) is 0 Å². The van der Waals surface area contributed by atoms with Crippen LogP contribution in [0, 0.1) is 6.58 Å². The molecule has 0 spiro atoms. The van der Waals surface area contributed by atoms with E-state index < -0.39 is 0 Å². The number of imidazole rings is 1. The Hall–Kier alpha value is -2.28. The van der Waals surface area contributed by atoms with Crippen molar-refractivity contribution in [1.82, 2.24) is 4.57 Å². The molecule has 2 aromatic carbocycles. The summed E-state index contributed by atoms with van der Waals surface area (Å²) in [5, 5.41) is 0. The van der Waals surface area contributed by atoms with Gasteiger partial charge in [-0.15, -0.1) is 0 Å². The molecule has 1 aromatic heterocycles. The van der Waals surface area contributed by atoms with E-state index in [-0.39, 0.29) is 0 Å². The Morgan fingerprint density at radius 1 is 0.833 bits per heavy atom. The first kappa shape index (κ1) is 31.8. The molecule has 0 radical (unpaired) electrons. The molecule has 0 aliphatic carbocycles. The zero-order valence-corrected chi connectivity index (χ0v) is 25.0. The molecule has 0 bridgehead atoms. The van der Waals surface area contributed by atoms with Crippen molar-refractivity contribution < 1.29 is 27.5 Å². The third kappa shape index (κ3) is 6.93. The molecule has 0 N–H and O–H groups in total. The number of aromatic nitrogens is 2. The zero-order valence-electron chi connectivity index (χ0n) is 22.7. The fourth-order valence-corrected chi connectivity index (χ4v) is 4.48. The summed E-state index contributed by atoms with van der Waals surface area (Å²) in [6, 6.07) is 13.0. The summed E-state index contributed by atoms with van der Waals surface area (Å²) in [5.41, 5.74) is 16.9. The van der Waals surface area contributed by atoms with E-state index in [2.05, 4.69) is 165 Å². The Morgan fingerprint density at radius 3 is 1.58 bits per heavy atom. The second kappa shape index (κ2) is 15.1. The van der Waals surface area contributed by atoms with Crippen LogP contribution >= 0.6 is 9.53 Å². The quantitative estimate of drug-likeness (QED) is 0.0661. The second-order valence-electron chi connectivity index (χ2n) is 9.76. The van der Waals surface area contributed by atoms with Crippen molar-refractivity contribution in [3.8, 4) is 11.4 Å². The summed E-state index contributed by atoms with van der Waals surface area (Å²) < 4.78 is 4.26. The molecule has 3 aromatic rings. The second-order valence-corrected chi connectivity index (χ2v) is 9.76. The Kier molecular flexibility index (Phi) is 13.3.